The molecule has 1 aliphatic heterocycles. The maximum atomic E-state index is 11.8. The van der Waals surface area contributed by atoms with Gasteiger partial charge in [0.2, 0.25) is 0 Å². The molecule has 0 saturated carbocycles. The van der Waals surface area contributed by atoms with Crippen LogP contribution in [-0.4, -0.2) is 52.8 Å². The number of urea groups is 1. The molecule has 1 aromatic rings. The highest BCUT2D eigenvalue weighted by Gasteiger charge is 2.28. The molecule has 7 nitrogen and oxygen atoms in total. The van der Waals surface area contributed by atoms with Crippen molar-refractivity contribution in [3.05, 3.63) is 23.8 Å². The summed E-state index contributed by atoms with van der Waals surface area (Å²) >= 11 is 0. The predicted octanol–water partition coefficient (Wildman–Crippen LogP) is 0.733. The van der Waals surface area contributed by atoms with Crippen molar-refractivity contribution in [1.29, 1.82) is 0 Å². The van der Waals surface area contributed by atoms with E-state index in [0.717, 1.165) is 5.56 Å². The number of hydrogen-bond donors (Lipinski definition) is 2. The number of benzene rings is 1. The Bertz CT molecular complexity index is 660. The normalized spacial score (nSPS) is 19.1. The monoisotopic (exact) mass is 342 g/mol. The molecule has 0 bridgehead atoms. The van der Waals surface area contributed by atoms with E-state index in [4.69, 9.17) is 9.47 Å². The van der Waals surface area contributed by atoms with Crippen molar-refractivity contribution in [2.45, 2.75) is 18.9 Å². The van der Waals surface area contributed by atoms with Gasteiger partial charge in [-0.2, -0.15) is 0 Å². The molecule has 2 N–H and O–H groups in total. The molecule has 0 aromatic heterocycles. The van der Waals surface area contributed by atoms with Crippen LogP contribution in [0.5, 0.6) is 11.5 Å². The van der Waals surface area contributed by atoms with Crippen LogP contribution in [0.15, 0.2) is 18.2 Å². The first-order valence-electron chi connectivity index (χ1n) is 7.39. The van der Waals surface area contributed by atoms with E-state index < -0.39 is 9.84 Å². The van der Waals surface area contributed by atoms with Crippen LogP contribution in [0, 0.1) is 0 Å². The highest BCUT2D eigenvalue weighted by molar-refractivity contribution is 7.91. The molecule has 8 heteroatoms. The largest absolute Gasteiger partial charge is 0.493 e. The van der Waals surface area contributed by atoms with Gasteiger partial charge in [0.05, 0.1) is 25.7 Å². The van der Waals surface area contributed by atoms with E-state index in [9.17, 15) is 13.2 Å². The molecule has 1 aliphatic rings. The Labute approximate surface area is 136 Å². The van der Waals surface area contributed by atoms with E-state index in [1.165, 1.54) is 0 Å². The Hall–Kier alpha value is -1.96. The molecule has 2 rings (SSSR count). The summed E-state index contributed by atoms with van der Waals surface area (Å²) in [6, 6.07) is 4.96. The van der Waals surface area contributed by atoms with Crippen LogP contribution in [0.2, 0.25) is 0 Å². The summed E-state index contributed by atoms with van der Waals surface area (Å²) in [5.74, 6) is 1.47. The van der Waals surface area contributed by atoms with Crippen LogP contribution >= 0.6 is 0 Å². The van der Waals surface area contributed by atoms with Gasteiger partial charge in [-0.3, -0.25) is 0 Å². The van der Waals surface area contributed by atoms with Crippen LogP contribution in [0.25, 0.3) is 0 Å². The van der Waals surface area contributed by atoms with Gasteiger partial charge in [-0.15, -0.1) is 0 Å². The zero-order chi connectivity index (χ0) is 16.9. The standard InChI is InChI=1S/C15H22N2O5S/c1-21-13-4-3-11(9-14(13)22-2)5-7-16-15(18)17-12-6-8-23(19,20)10-12/h3-4,9,12H,5-8,10H2,1-2H3,(H2,16,17,18). The SMILES string of the molecule is COc1ccc(CCNC(=O)NC2CCS(=O)(=O)C2)cc1OC. The number of ether oxygens (including phenoxy) is 2. The summed E-state index contributed by atoms with van der Waals surface area (Å²) in [5.41, 5.74) is 1.01. The van der Waals surface area contributed by atoms with Crippen molar-refractivity contribution in [3.8, 4) is 11.5 Å². The molecule has 1 atom stereocenters. The quantitative estimate of drug-likeness (QED) is 0.795. The van der Waals surface area contributed by atoms with Crippen molar-refractivity contribution < 1.29 is 22.7 Å². The third-order valence-corrected chi connectivity index (χ3v) is 5.48. The highest BCUT2D eigenvalue weighted by Crippen LogP contribution is 2.27. The van der Waals surface area contributed by atoms with Crippen molar-refractivity contribution >= 4 is 15.9 Å². The Morgan fingerprint density at radius 3 is 2.61 bits per heavy atom. The number of carbonyl (C=O) groups excluding carboxylic acids is 1. The first kappa shape index (κ1) is 17.4. The fourth-order valence-corrected chi connectivity index (χ4v) is 4.18. The second-order valence-electron chi connectivity index (χ2n) is 5.44. The van der Waals surface area contributed by atoms with E-state index in [0.29, 0.717) is 30.9 Å². The smallest absolute Gasteiger partial charge is 0.315 e. The minimum Gasteiger partial charge on any atom is -0.493 e. The summed E-state index contributed by atoms with van der Waals surface area (Å²) < 4.78 is 33.1. The van der Waals surface area contributed by atoms with E-state index in [1.54, 1.807) is 14.2 Å². The van der Waals surface area contributed by atoms with Crippen molar-refractivity contribution in [1.82, 2.24) is 10.6 Å². The fourth-order valence-electron chi connectivity index (χ4n) is 2.50. The molecule has 1 aromatic carbocycles. The van der Waals surface area contributed by atoms with Gasteiger partial charge in [-0.25, -0.2) is 13.2 Å². The molecule has 1 fully saturated rings. The number of rotatable bonds is 6. The molecule has 23 heavy (non-hydrogen) atoms. The molecular weight excluding hydrogens is 320 g/mol. The number of sulfone groups is 1. The first-order valence-corrected chi connectivity index (χ1v) is 9.21. The van der Waals surface area contributed by atoms with Gasteiger partial charge in [0.25, 0.3) is 0 Å². The molecule has 0 aliphatic carbocycles. The molecule has 0 radical (unpaired) electrons. The molecule has 1 unspecified atom stereocenters. The minimum absolute atomic E-state index is 0.0239. The van der Waals surface area contributed by atoms with Gasteiger partial charge in [0.1, 0.15) is 0 Å². The number of hydrogen-bond acceptors (Lipinski definition) is 5. The van der Waals surface area contributed by atoms with Crippen LogP contribution < -0.4 is 20.1 Å². The topological polar surface area (TPSA) is 93.7 Å². The number of carbonyl (C=O) groups is 1. The lowest BCUT2D eigenvalue weighted by molar-refractivity contribution is 0.238. The Balaban J connectivity index is 1.77. The summed E-state index contributed by atoms with van der Waals surface area (Å²) in [6.07, 6.45) is 1.11. The summed E-state index contributed by atoms with van der Waals surface area (Å²) in [6.45, 7) is 0.445. The second kappa shape index (κ2) is 7.54. The average Bonchev–Trinajstić information content (AvgIpc) is 2.85. The number of methoxy groups -OCH3 is 2. The van der Waals surface area contributed by atoms with Gasteiger partial charge in [0, 0.05) is 12.6 Å². The maximum absolute atomic E-state index is 11.8. The molecule has 0 spiro atoms. The lowest BCUT2D eigenvalue weighted by Gasteiger charge is -2.13. The van der Waals surface area contributed by atoms with Crippen LogP contribution in [-0.2, 0) is 16.3 Å². The lowest BCUT2D eigenvalue weighted by atomic mass is 10.1. The predicted molar refractivity (Wildman–Crippen MR) is 86.8 cm³/mol. The Morgan fingerprint density at radius 1 is 1.26 bits per heavy atom. The van der Waals surface area contributed by atoms with Crippen LogP contribution in [0.4, 0.5) is 4.79 Å². The van der Waals surface area contributed by atoms with Crippen molar-refractivity contribution in [2.75, 3.05) is 32.3 Å². The lowest BCUT2D eigenvalue weighted by Crippen LogP contribution is -2.43. The van der Waals surface area contributed by atoms with E-state index in [1.807, 2.05) is 18.2 Å². The fraction of sp³-hybridized carbons (Fsp3) is 0.533. The Kier molecular flexibility index (Phi) is 5.70. The summed E-state index contributed by atoms with van der Waals surface area (Å²) in [5, 5.41) is 5.42. The second-order valence-corrected chi connectivity index (χ2v) is 7.67. The Morgan fingerprint density at radius 2 is 2.00 bits per heavy atom. The maximum Gasteiger partial charge on any atom is 0.315 e. The minimum atomic E-state index is -2.99. The molecule has 128 valence electrons. The van der Waals surface area contributed by atoms with Crippen LogP contribution in [0.3, 0.4) is 0 Å². The zero-order valence-electron chi connectivity index (χ0n) is 13.3. The molecule has 2 amide bonds. The van der Waals surface area contributed by atoms with Gasteiger partial charge in [-0.05, 0) is 30.5 Å². The number of amides is 2. The summed E-state index contributed by atoms with van der Waals surface area (Å²) in [7, 11) is 0.161. The zero-order valence-corrected chi connectivity index (χ0v) is 14.1. The van der Waals surface area contributed by atoms with Gasteiger partial charge >= 0.3 is 6.03 Å². The van der Waals surface area contributed by atoms with Gasteiger partial charge in [-0.1, -0.05) is 6.07 Å². The third-order valence-electron chi connectivity index (χ3n) is 3.71. The third kappa shape index (κ3) is 5.02. The molecule has 1 saturated heterocycles. The molecular formula is C15H22N2O5S. The molecule has 1 heterocycles. The first-order chi connectivity index (χ1) is 10.9. The van der Waals surface area contributed by atoms with Gasteiger partial charge in [0.15, 0.2) is 21.3 Å². The van der Waals surface area contributed by atoms with Crippen molar-refractivity contribution in [2.24, 2.45) is 0 Å². The highest BCUT2D eigenvalue weighted by atomic mass is 32.2. The van der Waals surface area contributed by atoms with E-state index in [-0.39, 0.29) is 23.6 Å². The van der Waals surface area contributed by atoms with Crippen LogP contribution in [0.1, 0.15) is 12.0 Å². The number of nitrogens with one attached hydrogen (secondary N) is 2. The van der Waals surface area contributed by atoms with Gasteiger partial charge < -0.3 is 20.1 Å². The van der Waals surface area contributed by atoms with E-state index in [2.05, 4.69) is 10.6 Å². The van der Waals surface area contributed by atoms with Crippen molar-refractivity contribution in [3.63, 3.8) is 0 Å². The van der Waals surface area contributed by atoms with E-state index >= 15 is 0 Å². The average molecular weight is 342 g/mol. The summed E-state index contributed by atoms with van der Waals surface area (Å²) in [4.78, 5) is 11.8.